The molecule has 0 aliphatic heterocycles. The van der Waals surface area contributed by atoms with Crippen LogP contribution in [0, 0.1) is 13.8 Å². The van der Waals surface area contributed by atoms with Gasteiger partial charge in [-0.2, -0.15) is 0 Å². The monoisotopic (exact) mass is 317 g/mol. The van der Waals surface area contributed by atoms with Crippen LogP contribution in [-0.4, -0.2) is 22.9 Å². The van der Waals surface area contributed by atoms with Gasteiger partial charge < -0.3 is 0 Å². The van der Waals surface area contributed by atoms with Gasteiger partial charge in [-0.05, 0) is 0 Å². The summed E-state index contributed by atoms with van der Waals surface area (Å²) >= 11 is 0.0277. The van der Waals surface area contributed by atoms with Gasteiger partial charge in [-0.3, -0.25) is 0 Å². The summed E-state index contributed by atoms with van der Waals surface area (Å²) in [7, 11) is 0. The molecule has 2 aromatic carbocycles. The van der Waals surface area contributed by atoms with E-state index in [1.165, 1.54) is 16.7 Å². The molecule has 96 valence electrons. The third-order valence-electron chi connectivity index (χ3n) is 3.25. The zero-order chi connectivity index (χ0) is 13.2. The SMILES string of the molecule is Cc1ccc(CNc2cccc3n[se]nc23)c(C)c1. The van der Waals surface area contributed by atoms with Gasteiger partial charge in [0.2, 0.25) is 0 Å². The fourth-order valence-electron chi connectivity index (χ4n) is 2.18. The predicted octanol–water partition coefficient (Wildman–Crippen LogP) is 2.92. The van der Waals surface area contributed by atoms with E-state index < -0.39 is 0 Å². The Labute approximate surface area is 118 Å². The summed E-state index contributed by atoms with van der Waals surface area (Å²) in [6, 6.07) is 12.7. The molecule has 1 N–H and O–H groups in total. The number of nitrogens with zero attached hydrogens (tertiary/aromatic N) is 2. The van der Waals surface area contributed by atoms with E-state index in [2.05, 4.69) is 51.4 Å². The van der Waals surface area contributed by atoms with Crippen molar-refractivity contribution in [1.29, 1.82) is 0 Å². The van der Waals surface area contributed by atoms with Crippen LogP contribution in [0.1, 0.15) is 16.7 Å². The molecule has 0 bridgehead atoms. The average Bonchev–Trinajstić information content (AvgIpc) is 2.86. The fraction of sp³-hybridized carbons (Fsp3) is 0.200. The van der Waals surface area contributed by atoms with E-state index in [1.54, 1.807) is 0 Å². The van der Waals surface area contributed by atoms with Crippen LogP contribution >= 0.6 is 0 Å². The van der Waals surface area contributed by atoms with Gasteiger partial charge in [0.1, 0.15) is 0 Å². The third-order valence-corrected chi connectivity index (χ3v) is 4.39. The summed E-state index contributed by atoms with van der Waals surface area (Å²) in [5, 5.41) is 3.48. The molecule has 0 spiro atoms. The maximum absolute atomic E-state index is 4.48. The van der Waals surface area contributed by atoms with Crippen molar-refractivity contribution in [1.82, 2.24) is 7.96 Å². The first kappa shape index (κ1) is 12.4. The van der Waals surface area contributed by atoms with E-state index in [-0.39, 0.29) is 15.0 Å². The van der Waals surface area contributed by atoms with Crippen LogP contribution in [0.25, 0.3) is 11.0 Å². The number of hydrogen-bond acceptors (Lipinski definition) is 3. The summed E-state index contributed by atoms with van der Waals surface area (Å²) in [5.41, 5.74) is 7.08. The molecule has 4 heteroatoms. The molecule has 0 amide bonds. The molecule has 0 aliphatic carbocycles. The molecule has 0 fully saturated rings. The van der Waals surface area contributed by atoms with Gasteiger partial charge in [0.15, 0.2) is 0 Å². The quantitative estimate of drug-likeness (QED) is 0.755. The van der Waals surface area contributed by atoms with Gasteiger partial charge in [-0.15, -0.1) is 0 Å². The maximum atomic E-state index is 4.48. The number of aromatic nitrogens is 2. The van der Waals surface area contributed by atoms with E-state index in [1.807, 2.05) is 12.1 Å². The van der Waals surface area contributed by atoms with Crippen LogP contribution in [0.15, 0.2) is 36.4 Å². The second-order valence-corrected chi connectivity index (χ2v) is 5.83. The summed E-state index contributed by atoms with van der Waals surface area (Å²) in [4.78, 5) is 0. The van der Waals surface area contributed by atoms with E-state index in [0.717, 1.165) is 23.3 Å². The fourth-order valence-corrected chi connectivity index (χ4v) is 3.34. The first-order chi connectivity index (χ1) is 9.24. The van der Waals surface area contributed by atoms with Crippen molar-refractivity contribution in [2.75, 3.05) is 5.32 Å². The summed E-state index contributed by atoms with van der Waals surface area (Å²) in [5.74, 6) is 0. The zero-order valence-corrected chi connectivity index (χ0v) is 12.7. The standard InChI is InChI=1S/C15H15N3Se/c1-10-6-7-12(11(2)8-10)9-16-13-4-3-5-14-15(13)18-19-17-14/h3-8,16H,9H2,1-2H3. The molecular weight excluding hydrogens is 301 g/mol. The molecule has 1 heterocycles. The minimum atomic E-state index is 0.0277. The summed E-state index contributed by atoms with van der Waals surface area (Å²) in [6.45, 7) is 5.10. The van der Waals surface area contributed by atoms with Crippen molar-refractivity contribution < 1.29 is 0 Å². The Bertz CT molecular complexity index is 718. The molecule has 0 unspecified atom stereocenters. The van der Waals surface area contributed by atoms with Gasteiger partial charge in [-0.1, -0.05) is 0 Å². The molecular formula is C15H15N3Se. The van der Waals surface area contributed by atoms with E-state index >= 15 is 0 Å². The summed E-state index contributed by atoms with van der Waals surface area (Å²) in [6.07, 6.45) is 0. The van der Waals surface area contributed by atoms with Crippen LogP contribution in [0.3, 0.4) is 0 Å². The normalized spacial score (nSPS) is 10.8. The van der Waals surface area contributed by atoms with Crippen molar-refractivity contribution in [2.45, 2.75) is 20.4 Å². The van der Waals surface area contributed by atoms with Crippen LogP contribution in [0.2, 0.25) is 0 Å². The van der Waals surface area contributed by atoms with E-state index in [9.17, 15) is 0 Å². The number of nitrogens with one attached hydrogen (secondary N) is 1. The Morgan fingerprint density at radius 3 is 2.84 bits per heavy atom. The first-order valence-corrected chi connectivity index (χ1v) is 7.78. The Balaban J connectivity index is 1.84. The number of hydrogen-bond donors (Lipinski definition) is 1. The average molecular weight is 316 g/mol. The third kappa shape index (κ3) is 2.55. The number of benzene rings is 2. The van der Waals surface area contributed by atoms with Crippen LogP contribution in [0.5, 0.6) is 0 Å². The van der Waals surface area contributed by atoms with Crippen LogP contribution < -0.4 is 5.32 Å². The molecule has 1 aromatic heterocycles. The summed E-state index contributed by atoms with van der Waals surface area (Å²) < 4.78 is 8.88. The van der Waals surface area contributed by atoms with E-state index in [0.29, 0.717) is 0 Å². The number of rotatable bonds is 3. The molecule has 3 nitrogen and oxygen atoms in total. The minimum absolute atomic E-state index is 0.0277. The Morgan fingerprint density at radius 1 is 1.11 bits per heavy atom. The molecule has 0 saturated carbocycles. The topological polar surface area (TPSA) is 37.8 Å². The van der Waals surface area contributed by atoms with Crippen molar-refractivity contribution in [3.8, 4) is 0 Å². The molecule has 0 radical (unpaired) electrons. The Kier molecular flexibility index (Phi) is 3.36. The molecule has 0 atom stereocenters. The molecule has 0 saturated heterocycles. The Morgan fingerprint density at radius 2 is 2.00 bits per heavy atom. The van der Waals surface area contributed by atoms with Gasteiger partial charge in [0, 0.05) is 0 Å². The second kappa shape index (κ2) is 5.16. The van der Waals surface area contributed by atoms with Gasteiger partial charge in [-0.25, -0.2) is 0 Å². The predicted molar refractivity (Wildman–Crippen MR) is 79.7 cm³/mol. The van der Waals surface area contributed by atoms with Crippen molar-refractivity contribution >= 4 is 31.7 Å². The number of aryl methyl sites for hydroxylation is 2. The number of anilines is 1. The molecule has 3 rings (SSSR count). The van der Waals surface area contributed by atoms with Gasteiger partial charge >= 0.3 is 118 Å². The second-order valence-electron chi connectivity index (χ2n) is 4.72. The van der Waals surface area contributed by atoms with Crippen molar-refractivity contribution in [2.24, 2.45) is 0 Å². The number of fused-ring (bicyclic) bond motifs is 1. The van der Waals surface area contributed by atoms with Crippen molar-refractivity contribution in [3.63, 3.8) is 0 Å². The van der Waals surface area contributed by atoms with Gasteiger partial charge in [0.25, 0.3) is 0 Å². The van der Waals surface area contributed by atoms with Gasteiger partial charge in [0.05, 0.1) is 0 Å². The molecule has 3 aromatic rings. The molecule has 19 heavy (non-hydrogen) atoms. The van der Waals surface area contributed by atoms with Crippen molar-refractivity contribution in [3.05, 3.63) is 53.1 Å². The molecule has 0 aliphatic rings. The first-order valence-electron chi connectivity index (χ1n) is 6.25. The van der Waals surface area contributed by atoms with E-state index in [4.69, 9.17) is 0 Å². The Hall–Kier alpha value is -1.64. The van der Waals surface area contributed by atoms with Crippen LogP contribution in [-0.2, 0) is 6.54 Å². The zero-order valence-electron chi connectivity index (χ0n) is 11.0. The van der Waals surface area contributed by atoms with Crippen LogP contribution in [0.4, 0.5) is 5.69 Å².